The summed E-state index contributed by atoms with van der Waals surface area (Å²) in [6, 6.07) is 7.73. The molecule has 0 aromatic heterocycles. The van der Waals surface area contributed by atoms with Gasteiger partial charge in [-0.2, -0.15) is 13.2 Å². The molecule has 1 aliphatic rings. The predicted molar refractivity (Wildman–Crippen MR) is 185 cm³/mol. The lowest BCUT2D eigenvalue weighted by Gasteiger charge is -2.39. The maximum Gasteiger partial charge on any atom is 0.416 e. The number of benzene rings is 2. The molecule has 3 amide bonds. The second kappa shape index (κ2) is 17.6. The number of sulfonamides is 1. The van der Waals surface area contributed by atoms with Gasteiger partial charge < -0.3 is 26.0 Å². The van der Waals surface area contributed by atoms with E-state index in [1.165, 1.54) is 4.31 Å². The number of likely N-dealkylation sites (N-methyl/N-ethyl adjacent to an activating group) is 1. The van der Waals surface area contributed by atoms with E-state index in [0.29, 0.717) is 44.1 Å². The number of aryl methyl sites for hydroxylation is 2. The van der Waals surface area contributed by atoms with Crippen molar-refractivity contribution < 1.29 is 40.7 Å². The van der Waals surface area contributed by atoms with Crippen molar-refractivity contribution in [2.24, 2.45) is 5.73 Å². The van der Waals surface area contributed by atoms with Crippen LogP contribution in [0.3, 0.4) is 0 Å². The molecule has 1 saturated heterocycles. The van der Waals surface area contributed by atoms with Crippen molar-refractivity contribution >= 4 is 27.7 Å². The van der Waals surface area contributed by atoms with E-state index in [2.05, 4.69) is 23.8 Å². The molecule has 0 saturated carbocycles. The fraction of sp³-hybridized carbons (Fsp3) is 0.457. The van der Waals surface area contributed by atoms with Gasteiger partial charge in [0.2, 0.25) is 15.9 Å². The molecule has 0 atom stereocenters. The fourth-order valence-electron chi connectivity index (χ4n) is 5.51. The van der Waals surface area contributed by atoms with Crippen molar-refractivity contribution in [1.29, 1.82) is 0 Å². The molecular weight excluding hydrogens is 675 g/mol. The van der Waals surface area contributed by atoms with Crippen LogP contribution in [0.5, 0.6) is 5.75 Å². The van der Waals surface area contributed by atoms with E-state index in [1.54, 1.807) is 49.2 Å². The maximum atomic E-state index is 13.6. The first-order valence-corrected chi connectivity index (χ1v) is 17.9. The van der Waals surface area contributed by atoms with Gasteiger partial charge in [-0.15, -0.1) is 13.2 Å². The summed E-state index contributed by atoms with van der Waals surface area (Å²) in [5, 5.41) is 5.63. The van der Waals surface area contributed by atoms with Crippen LogP contribution in [0, 0.1) is 6.92 Å². The summed E-state index contributed by atoms with van der Waals surface area (Å²) >= 11 is 0. The monoisotopic (exact) mass is 721 g/mol. The summed E-state index contributed by atoms with van der Waals surface area (Å²) < 4.78 is 74.2. The third kappa shape index (κ3) is 10.9. The summed E-state index contributed by atoms with van der Waals surface area (Å²) in [5.41, 5.74) is 4.50. The van der Waals surface area contributed by atoms with Gasteiger partial charge in [-0.25, -0.2) is 12.7 Å². The Bertz CT molecular complexity index is 1660. The zero-order chi connectivity index (χ0) is 37.1. The number of nitrogens with two attached hydrogens (primary N) is 1. The first-order valence-electron chi connectivity index (χ1n) is 16.3. The lowest BCUT2D eigenvalue weighted by Crippen LogP contribution is -2.62. The van der Waals surface area contributed by atoms with Crippen molar-refractivity contribution in [2.45, 2.75) is 50.7 Å². The highest BCUT2D eigenvalue weighted by molar-refractivity contribution is 7.89. The number of primary amides is 1. The minimum Gasteiger partial charge on any atom is -0.494 e. The number of unbranched alkanes of at least 4 members (excludes halogenated alkanes) is 1. The summed E-state index contributed by atoms with van der Waals surface area (Å²) in [6.45, 7) is 10.6. The molecule has 0 radical (unpaired) electrons. The molecule has 11 nitrogen and oxygen atoms in total. The van der Waals surface area contributed by atoms with Crippen LogP contribution in [-0.4, -0.2) is 93.0 Å². The average Bonchev–Trinajstić information content (AvgIpc) is 3.07. The molecule has 2 aromatic rings. The topological polar surface area (TPSA) is 151 Å². The second-order valence-corrected chi connectivity index (χ2v) is 14.3. The van der Waals surface area contributed by atoms with Gasteiger partial charge in [-0.1, -0.05) is 18.2 Å². The number of piperidine rings is 1. The predicted octanol–water partition coefficient (Wildman–Crippen LogP) is 3.83. The largest absolute Gasteiger partial charge is 0.494 e. The molecule has 0 unspecified atom stereocenters. The third-order valence-corrected chi connectivity index (χ3v) is 10.5. The van der Waals surface area contributed by atoms with Gasteiger partial charge >= 0.3 is 6.18 Å². The summed E-state index contributed by atoms with van der Waals surface area (Å²) in [6.07, 6.45) is -0.483. The van der Waals surface area contributed by atoms with Gasteiger partial charge in [0, 0.05) is 50.9 Å². The van der Waals surface area contributed by atoms with Crippen LogP contribution in [0.2, 0.25) is 0 Å². The molecule has 0 bridgehead atoms. The third-order valence-electron chi connectivity index (χ3n) is 8.59. The maximum absolute atomic E-state index is 13.6. The number of carbonyl (C=O) groups is 3. The molecular formula is C35H46F3N5O6S. The summed E-state index contributed by atoms with van der Waals surface area (Å²) in [5.74, 6) is -2.48. The standard InChI is InChI=1S/C35H46F3N5O6S/c1-5-7-8-19-49-30-23-28(22-29(24-30)35(36,37)38)31(44)41-34(33(39)46)12-16-43(17-13-34)50(47,48)20-11-26-9-10-27(21-25(26)3)32(45)42(4)18-15-40-14-6-2/h5-6,9-10,21-24,40H,1-2,7-8,11-20H2,3-4H3,(H2,39,46)(H,41,44). The van der Waals surface area contributed by atoms with Gasteiger partial charge in [0.1, 0.15) is 11.3 Å². The molecule has 0 spiro atoms. The minimum atomic E-state index is -4.77. The fourth-order valence-corrected chi connectivity index (χ4v) is 6.99. The van der Waals surface area contributed by atoms with Crippen LogP contribution in [0.1, 0.15) is 63.1 Å². The lowest BCUT2D eigenvalue weighted by molar-refractivity contribution is -0.137. The molecule has 3 rings (SSSR count). The molecule has 4 N–H and O–H groups in total. The van der Waals surface area contributed by atoms with Gasteiger partial charge in [-0.05, 0) is 80.5 Å². The molecule has 2 aromatic carbocycles. The van der Waals surface area contributed by atoms with E-state index in [0.717, 1.165) is 23.3 Å². The second-order valence-electron chi connectivity index (χ2n) is 12.2. The quantitative estimate of drug-likeness (QED) is 0.156. The number of alkyl halides is 3. The zero-order valence-corrected chi connectivity index (χ0v) is 29.3. The van der Waals surface area contributed by atoms with E-state index >= 15 is 0 Å². The first-order chi connectivity index (χ1) is 23.5. The van der Waals surface area contributed by atoms with Crippen LogP contribution >= 0.6 is 0 Å². The van der Waals surface area contributed by atoms with Gasteiger partial charge in [0.15, 0.2) is 0 Å². The SMILES string of the molecule is C=CCCCOc1cc(C(=O)NC2(C(N)=O)CCN(S(=O)(=O)CCc3ccc(C(=O)N(C)CCNCC=C)cc3C)CC2)cc(C(F)(F)F)c1. The highest BCUT2D eigenvalue weighted by Gasteiger charge is 2.44. The van der Waals surface area contributed by atoms with Crippen LogP contribution in [-0.2, 0) is 27.4 Å². The molecule has 1 heterocycles. The number of allylic oxidation sites excluding steroid dienone is 1. The Morgan fingerprint density at radius 1 is 1.08 bits per heavy atom. The molecule has 50 heavy (non-hydrogen) atoms. The van der Waals surface area contributed by atoms with Crippen LogP contribution in [0.15, 0.2) is 61.7 Å². The van der Waals surface area contributed by atoms with Crippen LogP contribution in [0.25, 0.3) is 0 Å². The van der Waals surface area contributed by atoms with E-state index in [1.807, 2.05) is 0 Å². The zero-order valence-electron chi connectivity index (χ0n) is 28.5. The smallest absolute Gasteiger partial charge is 0.416 e. The highest BCUT2D eigenvalue weighted by Crippen LogP contribution is 2.33. The van der Waals surface area contributed by atoms with Crippen molar-refractivity contribution in [3.05, 3.63) is 89.5 Å². The Morgan fingerprint density at radius 2 is 1.78 bits per heavy atom. The van der Waals surface area contributed by atoms with E-state index in [4.69, 9.17) is 10.5 Å². The number of ether oxygens (including phenoxy) is 1. The van der Waals surface area contributed by atoms with Gasteiger partial charge in [-0.3, -0.25) is 14.4 Å². The Morgan fingerprint density at radius 3 is 2.38 bits per heavy atom. The summed E-state index contributed by atoms with van der Waals surface area (Å²) in [7, 11) is -2.12. The lowest BCUT2D eigenvalue weighted by atomic mass is 9.87. The number of nitrogens with zero attached hydrogens (tertiary/aromatic N) is 2. The Hall–Kier alpha value is -4.21. The Balaban J connectivity index is 1.65. The number of carbonyl (C=O) groups excluding carboxylic acids is 3. The molecule has 1 fully saturated rings. The van der Waals surface area contributed by atoms with Crippen molar-refractivity contribution in [2.75, 3.05) is 52.1 Å². The normalized spacial score (nSPS) is 14.8. The van der Waals surface area contributed by atoms with E-state index < -0.39 is 39.1 Å². The molecule has 1 aliphatic heterocycles. The van der Waals surface area contributed by atoms with Crippen molar-refractivity contribution in [1.82, 2.24) is 19.8 Å². The van der Waals surface area contributed by atoms with E-state index in [9.17, 15) is 36.0 Å². The number of hydrogen-bond acceptors (Lipinski definition) is 7. The Kier molecular flexibility index (Phi) is 14.2. The average molecular weight is 722 g/mol. The molecule has 0 aliphatic carbocycles. The van der Waals surface area contributed by atoms with Gasteiger partial charge in [0.25, 0.3) is 11.8 Å². The van der Waals surface area contributed by atoms with Crippen molar-refractivity contribution in [3.8, 4) is 5.75 Å². The van der Waals surface area contributed by atoms with Crippen LogP contribution in [0.4, 0.5) is 13.2 Å². The number of rotatable bonds is 18. The minimum absolute atomic E-state index is 0.0983. The molecule has 15 heteroatoms. The summed E-state index contributed by atoms with van der Waals surface area (Å²) in [4.78, 5) is 40.3. The number of amides is 3. The Labute approximate surface area is 291 Å². The van der Waals surface area contributed by atoms with E-state index in [-0.39, 0.29) is 61.9 Å². The van der Waals surface area contributed by atoms with Crippen molar-refractivity contribution in [3.63, 3.8) is 0 Å². The van der Waals surface area contributed by atoms with Crippen LogP contribution < -0.4 is 21.1 Å². The number of hydrogen-bond donors (Lipinski definition) is 3. The number of halogens is 3. The van der Waals surface area contributed by atoms with Gasteiger partial charge in [0.05, 0.1) is 17.9 Å². The highest BCUT2D eigenvalue weighted by atomic mass is 32.2. The first kappa shape index (κ1) is 40.2. The number of nitrogens with one attached hydrogen (secondary N) is 2. The molecule has 274 valence electrons.